The summed E-state index contributed by atoms with van der Waals surface area (Å²) < 4.78 is 0. The van der Waals surface area contributed by atoms with Crippen molar-refractivity contribution in [3.8, 4) is 0 Å². The summed E-state index contributed by atoms with van der Waals surface area (Å²) in [6, 6.07) is 8.14. The summed E-state index contributed by atoms with van der Waals surface area (Å²) in [5, 5.41) is 0.804. The van der Waals surface area contributed by atoms with Gasteiger partial charge in [-0.3, -0.25) is 4.90 Å². The number of hydrogen-bond acceptors (Lipinski definition) is 3. The number of benzene rings is 1. The number of rotatable bonds is 5. The van der Waals surface area contributed by atoms with Crippen molar-refractivity contribution in [2.24, 2.45) is 11.7 Å². The van der Waals surface area contributed by atoms with Crippen molar-refractivity contribution in [3.05, 3.63) is 29.3 Å². The Bertz CT molecular complexity index is 371. The molecule has 1 fully saturated rings. The smallest absolute Gasteiger partial charge is 0.0407 e. The zero-order chi connectivity index (χ0) is 13.7. The fraction of sp³-hybridized carbons (Fsp3) is 0.600. The minimum absolute atomic E-state index is 0.701. The van der Waals surface area contributed by atoms with Gasteiger partial charge >= 0.3 is 0 Å². The molecule has 3 nitrogen and oxygen atoms in total. The Labute approximate surface area is 121 Å². The standard InChI is InChI=1S/C15H24ClN3/c1-13(6-7-17)12-18-8-10-19(11-9-18)15-4-2-14(16)3-5-15/h2-5,13H,6-12,17H2,1H3. The summed E-state index contributed by atoms with van der Waals surface area (Å²) in [7, 11) is 0. The van der Waals surface area contributed by atoms with Gasteiger partial charge in [0, 0.05) is 43.4 Å². The lowest BCUT2D eigenvalue weighted by Crippen LogP contribution is -2.47. The topological polar surface area (TPSA) is 32.5 Å². The molecule has 0 saturated carbocycles. The van der Waals surface area contributed by atoms with E-state index in [9.17, 15) is 0 Å². The molecule has 2 rings (SSSR count). The van der Waals surface area contributed by atoms with Crippen LogP contribution in [0.2, 0.25) is 5.02 Å². The molecular weight excluding hydrogens is 258 g/mol. The molecule has 1 aliphatic rings. The maximum atomic E-state index is 5.92. The average Bonchev–Trinajstić information content (AvgIpc) is 2.41. The second-order valence-corrected chi connectivity index (χ2v) is 5.88. The van der Waals surface area contributed by atoms with E-state index in [1.165, 1.54) is 12.2 Å². The summed E-state index contributed by atoms with van der Waals surface area (Å²) in [5.74, 6) is 0.701. The Morgan fingerprint density at radius 3 is 2.37 bits per heavy atom. The summed E-state index contributed by atoms with van der Waals surface area (Å²) in [6.07, 6.45) is 1.12. The monoisotopic (exact) mass is 281 g/mol. The van der Waals surface area contributed by atoms with Gasteiger partial charge < -0.3 is 10.6 Å². The Morgan fingerprint density at radius 2 is 1.79 bits per heavy atom. The molecule has 1 aliphatic heterocycles. The highest BCUT2D eigenvalue weighted by Gasteiger charge is 2.18. The minimum atomic E-state index is 0.701. The zero-order valence-electron chi connectivity index (χ0n) is 11.7. The third-order valence-corrected chi connectivity index (χ3v) is 4.05. The fourth-order valence-corrected chi connectivity index (χ4v) is 2.78. The molecule has 0 radical (unpaired) electrons. The molecule has 0 amide bonds. The molecule has 0 bridgehead atoms. The number of nitrogens with two attached hydrogens (primary N) is 1. The lowest BCUT2D eigenvalue weighted by atomic mass is 10.1. The molecule has 106 valence electrons. The van der Waals surface area contributed by atoms with Crippen LogP contribution in [-0.2, 0) is 0 Å². The molecule has 1 unspecified atom stereocenters. The largest absolute Gasteiger partial charge is 0.369 e. The van der Waals surface area contributed by atoms with Crippen LogP contribution in [-0.4, -0.2) is 44.2 Å². The van der Waals surface area contributed by atoms with Crippen LogP contribution in [0.25, 0.3) is 0 Å². The van der Waals surface area contributed by atoms with Crippen LogP contribution in [0.3, 0.4) is 0 Å². The van der Waals surface area contributed by atoms with Gasteiger partial charge in [-0.2, -0.15) is 0 Å². The zero-order valence-corrected chi connectivity index (χ0v) is 12.4. The summed E-state index contributed by atoms with van der Waals surface area (Å²) >= 11 is 5.92. The van der Waals surface area contributed by atoms with Gasteiger partial charge in [-0.1, -0.05) is 18.5 Å². The van der Waals surface area contributed by atoms with Crippen molar-refractivity contribution in [2.45, 2.75) is 13.3 Å². The van der Waals surface area contributed by atoms with Crippen molar-refractivity contribution in [2.75, 3.05) is 44.2 Å². The summed E-state index contributed by atoms with van der Waals surface area (Å²) in [6.45, 7) is 8.72. The van der Waals surface area contributed by atoms with Crippen LogP contribution < -0.4 is 10.6 Å². The third kappa shape index (κ3) is 4.37. The molecular formula is C15H24ClN3. The quantitative estimate of drug-likeness (QED) is 0.900. The van der Waals surface area contributed by atoms with Crippen LogP contribution >= 0.6 is 11.6 Å². The van der Waals surface area contributed by atoms with Crippen LogP contribution in [0.4, 0.5) is 5.69 Å². The van der Waals surface area contributed by atoms with Crippen LogP contribution in [0.1, 0.15) is 13.3 Å². The molecule has 0 aromatic heterocycles. The van der Waals surface area contributed by atoms with Crippen molar-refractivity contribution >= 4 is 17.3 Å². The molecule has 1 heterocycles. The van der Waals surface area contributed by atoms with Crippen molar-refractivity contribution in [3.63, 3.8) is 0 Å². The number of halogens is 1. The molecule has 4 heteroatoms. The second kappa shape index (κ2) is 7.13. The number of anilines is 1. The van der Waals surface area contributed by atoms with Gasteiger partial charge in [-0.15, -0.1) is 0 Å². The summed E-state index contributed by atoms with van der Waals surface area (Å²) in [5.41, 5.74) is 6.88. The van der Waals surface area contributed by atoms with E-state index in [0.29, 0.717) is 5.92 Å². The van der Waals surface area contributed by atoms with Crippen molar-refractivity contribution < 1.29 is 0 Å². The Hall–Kier alpha value is -0.770. The fourth-order valence-electron chi connectivity index (χ4n) is 2.66. The van der Waals surface area contributed by atoms with Gasteiger partial charge in [0.1, 0.15) is 0 Å². The molecule has 2 N–H and O–H groups in total. The Kier molecular flexibility index (Phi) is 5.49. The SMILES string of the molecule is CC(CCN)CN1CCN(c2ccc(Cl)cc2)CC1. The predicted octanol–water partition coefficient (Wildman–Crippen LogP) is 2.45. The van der Waals surface area contributed by atoms with Gasteiger partial charge in [0.15, 0.2) is 0 Å². The van der Waals surface area contributed by atoms with E-state index in [-0.39, 0.29) is 0 Å². The van der Waals surface area contributed by atoms with E-state index in [1.807, 2.05) is 12.1 Å². The van der Waals surface area contributed by atoms with E-state index in [0.717, 1.165) is 44.2 Å². The van der Waals surface area contributed by atoms with E-state index in [1.54, 1.807) is 0 Å². The van der Waals surface area contributed by atoms with Gasteiger partial charge in [0.05, 0.1) is 0 Å². The Balaban J connectivity index is 1.80. The van der Waals surface area contributed by atoms with Crippen molar-refractivity contribution in [1.82, 2.24) is 4.90 Å². The van der Waals surface area contributed by atoms with Crippen LogP contribution in [0, 0.1) is 5.92 Å². The van der Waals surface area contributed by atoms with Crippen LogP contribution in [0.5, 0.6) is 0 Å². The lowest BCUT2D eigenvalue weighted by Gasteiger charge is -2.37. The maximum absolute atomic E-state index is 5.92. The van der Waals surface area contributed by atoms with E-state index in [2.05, 4.69) is 28.9 Å². The molecule has 1 aromatic carbocycles. The second-order valence-electron chi connectivity index (χ2n) is 5.45. The van der Waals surface area contributed by atoms with E-state index >= 15 is 0 Å². The molecule has 0 aliphatic carbocycles. The summed E-state index contributed by atoms with van der Waals surface area (Å²) in [4.78, 5) is 4.98. The first-order chi connectivity index (χ1) is 9.19. The van der Waals surface area contributed by atoms with Gasteiger partial charge in [0.25, 0.3) is 0 Å². The lowest BCUT2D eigenvalue weighted by molar-refractivity contribution is 0.221. The highest BCUT2D eigenvalue weighted by atomic mass is 35.5. The predicted molar refractivity (Wildman–Crippen MR) is 82.9 cm³/mol. The number of nitrogens with zero attached hydrogens (tertiary/aromatic N) is 2. The minimum Gasteiger partial charge on any atom is -0.369 e. The number of hydrogen-bond donors (Lipinski definition) is 1. The molecule has 19 heavy (non-hydrogen) atoms. The van der Waals surface area contributed by atoms with E-state index in [4.69, 9.17) is 17.3 Å². The first-order valence-electron chi connectivity index (χ1n) is 7.12. The number of piperazine rings is 1. The molecule has 1 aromatic rings. The van der Waals surface area contributed by atoms with E-state index < -0.39 is 0 Å². The highest BCUT2D eigenvalue weighted by Crippen LogP contribution is 2.19. The first kappa shape index (κ1) is 14.6. The maximum Gasteiger partial charge on any atom is 0.0407 e. The normalized spacial score (nSPS) is 18.6. The average molecular weight is 282 g/mol. The molecule has 1 saturated heterocycles. The first-order valence-corrected chi connectivity index (χ1v) is 7.50. The third-order valence-electron chi connectivity index (χ3n) is 3.79. The van der Waals surface area contributed by atoms with Crippen molar-refractivity contribution in [1.29, 1.82) is 0 Å². The highest BCUT2D eigenvalue weighted by molar-refractivity contribution is 6.30. The van der Waals surface area contributed by atoms with Crippen LogP contribution in [0.15, 0.2) is 24.3 Å². The van der Waals surface area contributed by atoms with Gasteiger partial charge in [0.2, 0.25) is 0 Å². The molecule has 0 spiro atoms. The molecule has 1 atom stereocenters. The van der Waals surface area contributed by atoms with Gasteiger partial charge in [-0.25, -0.2) is 0 Å². The Morgan fingerprint density at radius 1 is 1.16 bits per heavy atom. The van der Waals surface area contributed by atoms with Gasteiger partial charge in [-0.05, 0) is 43.1 Å².